The van der Waals surface area contributed by atoms with E-state index in [0.717, 1.165) is 31.8 Å². The van der Waals surface area contributed by atoms with Crippen molar-refractivity contribution in [1.29, 1.82) is 0 Å². The molecule has 0 N–H and O–H groups in total. The van der Waals surface area contributed by atoms with E-state index in [9.17, 15) is 0 Å². The highest BCUT2D eigenvalue weighted by Crippen LogP contribution is 2.19. The van der Waals surface area contributed by atoms with Gasteiger partial charge in [0.15, 0.2) is 0 Å². The van der Waals surface area contributed by atoms with Crippen molar-refractivity contribution in [1.82, 2.24) is 4.90 Å². The molecule has 1 fully saturated rings. The average molecular weight is 354 g/mol. The molecule has 0 aliphatic carbocycles. The van der Waals surface area contributed by atoms with E-state index < -0.39 is 0 Å². The van der Waals surface area contributed by atoms with Crippen LogP contribution in [0, 0.1) is 5.92 Å². The standard InChI is InChI=1S/C23H31NO2/c1-18(14-24-15-19(2)26-20(3)16-24)12-22-10-7-11-23(13-22)25-17-21-8-5-4-6-9-21/h4-11,13,18-20H,12,14-17H2,1-3H3. The zero-order valence-electron chi connectivity index (χ0n) is 16.2. The van der Waals surface area contributed by atoms with Crippen molar-refractivity contribution in [2.45, 2.75) is 46.0 Å². The van der Waals surface area contributed by atoms with Gasteiger partial charge in [-0.3, -0.25) is 4.90 Å². The van der Waals surface area contributed by atoms with Crippen LogP contribution in [0.15, 0.2) is 54.6 Å². The molecule has 0 amide bonds. The third-order valence-corrected chi connectivity index (χ3v) is 4.80. The Morgan fingerprint density at radius 1 is 1.00 bits per heavy atom. The summed E-state index contributed by atoms with van der Waals surface area (Å²) in [6.07, 6.45) is 1.74. The molecular weight excluding hydrogens is 322 g/mol. The summed E-state index contributed by atoms with van der Waals surface area (Å²) in [6, 6.07) is 18.8. The first-order chi connectivity index (χ1) is 12.6. The van der Waals surface area contributed by atoms with Crippen molar-refractivity contribution in [3.8, 4) is 5.75 Å². The van der Waals surface area contributed by atoms with Gasteiger partial charge in [-0.15, -0.1) is 0 Å². The molecule has 2 aromatic carbocycles. The fraction of sp³-hybridized carbons (Fsp3) is 0.478. The van der Waals surface area contributed by atoms with Crippen LogP contribution in [-0.2, 0) is 17.8 Å². The maximum Gasteiger partial charge on any atom is 0.120 e. The van der Waals surface area contributed by atoms with Crippen molar-refractivity contribution in [2.75, 3.05) is 19.6 Å². The van der Waals surface area contributed by atoms with Crippen molar-refractivity contribution in [3.05, 3.63) is 65.7 Å². The Bertz CT molecular complexity index is 663. The third-order valence-electron chi connectivity index (χ3n) is 4.80. The third kappa shape index (κ3) is 5.86. The van der Waals surface area contributed by atoms with Crippen molar-refractivity contribution in [3.63, 3.8) is 0 Å². The Labute approximate surface area is 157 Å². The molecule has 3 rings (SSSR count). The molecule has 1 heterocycles. The molecule has 0 radical (unpaired) electrons. The first kappa shape index (κ1) is 18.9. The zero-order chi connectivity index (χ0) is 18.4. The quantitative estimate of drug-likeness (QED) is 0.729. The first-order valence-electron chi connectivity index (χ1n) is 9.72. The summed E-state index contributed by atoms with van der Waals surface area (Å²) in [6.45, 7) is 10.5. The topological polar surface area (TPSA) is 21.7 Å². The second-order valence-corrected chi connectivity index (χ2v) is 7.71. The van der Waals surface area contributed by atoms with Gasteiger partial charge in [0.2, 0.25) is 0 Å². The minimum atomic E-state index is 0.334. The molecular formula is C23H31NO2. The number of rotatable bonds is 7. The lowest BCUT2D eigenvalue weighted by atomic mass is 10.00. The van der Waals surface area contributed by atoms with Gasteiger partial charge in [0.25, 0.3) is 0 Å². The van der Waals surface area contributed by atoms with Crippen molar-refractivity contribution < 1.29 is 9.47 Å². The van der Waals surface area contributed by atoms with Crippen LogP contribution in [0.1, 0.15) is 31.9 Å². The molecule has 26 heavy (non-hydrogen) atoms. The Hall–Kier alpha value is -1.84. The van der Waals surface area contributed by atoms with Crippen LogP contribution in [0.3, 0.4) is 0 Å². The Morgan fingerprint density at radius 3 is 2.42 bits per heavy atom. The van der Waals surface area contributed by atoms with Gasteiger partial charge >= 0.3 is 0 Å². The Kier molecular flexibility index (Phi) is 6.70. The number of hydrogen-bond acceptors (Lipinski definition) is 3. The van der Waals surface area contributed by atoms with Crippen molar-refractivity contribution >= 4 is 0 Å². The summed E-state index contributed by atoms with van der Waals surface area (Å²) in [4.78, 5) is 2.54. The van der Waals surface area contributed by atoms with Gasteiger partial charge in [0.1, 0.15) is 12.4 Å². The molecule has 1 aliphatic heterocycles. The molecule has 140 valence electrons. The molecule has 1 aliphatic rings. The van der Waals surface area contributed by atoms with E-state index in [-0.39, 0.29) is 0 Å². The number of nitrogens with zero attached hydrogens (tertiary/aromatic N) is 1. The van der Waals surface area contributed by atoms with Gasteiger partial charge in [0, 0.05) is 19.6 Å². The molecule has 3 unspecified atom stereocenters. The summed E-state index contributed by atoms with van der Waals surface area (Å²) in [5.41, 5.74) is 2.54. The molecule has 0 bridgehead atoms. The van der Waals surface area contributed by atoms with Crippen LogP contribution in [0.5, 0.6) is 5.75 Å². The number of morpholine rings is 1. The molecule has 0 spiro atoms. The number of hydrogen-bond donors (Lipinski definition) is 0. The van der Waals surface area contributed by atoms with Crippen LogP contribution < -0.4 is 4.74 Å². The van der Waals surface area contributed by atoms with Crippen molar-refractivity contribution in [2.24, 2.45) is 5.92 Å². The van der Waals surface area contributed by atoms with Crippen LogP contribution in [0.2, 0.25) is 0 Å². The van der Waals surface area contributed by atoms with E-state index in [4.69, 9.17) is 9.47 Å². The monoisotopic (exact) mass is 353 g/mol. The first-order valence-corrected chi connectivity index (χ1v) is 9.72. The van der Waals surface area contributed by atoms with Gasteiger partial charge in [-0.25, -0.2) is 0 Å². The average Bonchev–Trinajstić information content (AvgIpc) is 2.60. The van der Waals surface area contributed by atoms with Gasteiger partial charge in [-0.1, -0.05) is 49.4 Å². The largest absolute Gasteiger partial charge is 0.489 e. The van der Waals surface area contributed by atoms with Gasteiger partial charge in [-0.05, 0) is 49.4 Å². The smallest absolute Gasteiger partial charge is 0.120 e. The van der Waals surface area contributed by atoms with E-state index in [1.807, 2.05) is 24.3 Å². The summed E-state index contributed by atoms with van der Waals surface area (Å²) in [7, 11) is 0. The van der Waals surface area contributed by atoms with Crippen LogP contribution in [-0.4, -0.2) is 36.7 Å². The SMILES string of the molecule is CC(Cc1cccc(OCc2ccccc2)c1)CN1CC(C)OC(C)C1. The van der Waals surface area contributed by atoms with Gasteiger partial charge in [-0.2, -0.15) is 0 Å². The van der Waals surface area contributed by atoms with E-state index in [2.05, 4.69) is 56.0 Å². The molecule has 3 nitrogen and oxygen atoms in total. The lowest BCUT2D eigenvalue weighted by Gasteiger charge is -2.36. The molecule has 3 heteroatoms. The minimum Gasteiger partial charge on any atom is -0.489 e. The zero-order valence-corrected chi connectivity index (χ0v) is 16.2. The van der Waals surface area contributed by atoms with Gasteiger partial charge < -0.3 is 9.47 Å². The number of ether oxygens (including phenoxy) is 2. The lowest BCUT2D eigenvalue weighted by molar-refractivity contribution is -0.0708. The maximum atomic E-state index is 5.97. The molecule has 3 atom stereocenters. The highest BCUT2D eigenvalue weighted by atomic mass is 16.5. The van der Waals surface area contributed by atoms with E-state index in [0.29, 0.717) is 24.7 Å². The molecule has 0 aromatic heterocycles. The molecule has 2 aromatic rings. The van der Waals surface area contributed by atoms with E-state index in [1.54, 1.807) is 0 Å². The van der Waals surface area contributed by atoms with Crippen LogP contribution in [0.4, 0.5) is 0 Å². The van der Waals surface area contributed by atoms with Gasteiger partial charge in [0.05, 0.1) is 12.2 Å². The van der Waals surface area contributed by atoms with Crippen LogP contribution in [0.25, 0.3) is 0 Å². The van der Waals surface area contributed by atoms with Crippen LogP contribution >= 0.6 is 0 Å². The molecule has 0 saturated carbocycles. The summed E-state index contributed by atoms with van der Waals surface area (Å²) in [5, 5.41) is 0. The summed E-state index contributed by atoms with van der Waals surface area (Å²) in [5.74, 6) is 1.56. The Morgan fingerprint density at radius 2 is 1.69 bits per heavy atom. The highest BCUT2D eigenvalue weighted by molar-refractivity contribution is 5.29. The second-order valence-electron chi connectivity index (χ2n) is 7.71. The Balaban J connectivity index is 1.51. The predicted molar refractivity (Wildman–Crippen MR) is 107 cm³/mol. The highest BCUT2D eigenvalue weighted by Gasteiger charge is 2.23. The minimum absolute atomic E-state index is 0.334. The lowest BCUT2D eigenvalue weighted by Crippen LogP contribution is -2.47. The van der Waals surface area contributed by atoms with E-state index in [1.165, 1.54) is 11.1 Å². The maximum absolute atomic E-state index is 5.97. The number of benzene rings is 2. The summed E-state index contributed by atoms with van der Waals surface area (Å²) >= 11 is 0. The second kappa shape index (κ2) is 9.20. The fourth-order valence-corrected chi connectivity index (χ4v) is 3.84. The molecule has 1 saturated heterocycles. The normalized spacial score (nSPS) is 22.1. The summed E-state index contributed by atoms with van der Waals surface area (Å²) < 4.78 is 11.8. The van der Waals surface area contributed by atoms with E-state index >= 15 is 0 Å². The fourth-order valence-electron chi connectivity index (χ4n) is 3.84. The predicted octanol–water partition coefficient (Wildman–Crippen LogP) is 4.55.